The van der Waals surface area contributed by atoms with E-state index in [4.69, 9.17) is 5.73 Å². The van der Waals surface area contributed by atoms with E-state index in [2.05, 4.69) is 28.3 Å². The summed E-state index contributed by atoms with van der Waals surface area (Å²) in [5.41, 5.74) is 7.74. The summed E-state index contributed by atoms with van der Waals surface area (Å²) in [6.45, 7) is 2.61. The van der Waals surface area contributed by atoms with E-state index in [-0.39, 0.29) is 0 Å². The summed E-state index contributed by atoms with van der Waals surface area (Å²) in [6, 6.07) is 10.1. The second-order valence-corrected chi connectivity index (χ2v) is 5.56. The summed E-state index contributed by atoms with van der Waals surface area (Å²) >= 11 is 1.67. The number of nitrogens with zero attached hydrogens (tertiary/aromatic N) is 2. The number of rotatable bonds is 3. The molecule has 0 amide bonds. The molecule has 2 aromatic heterocycles. The van der Waals surface area contributed by atoms with Gasteiger partial charge in [-0.25, -0.2) is 9.97 Å². The van der Waals surface area contributed by atoms with Gasteiger partial charge in [-0.05, 0) is 30.7 Å². The second kappa shape index (κ2) is 4.95. The van der Waals surface area contributed by atoms with Crippen LogP contribution < -0.4 is 11.1 Å². The number of aromatic nitrogens is 2. The van der Waals surface area contributed by atoms with Crippen molar-refractivity contribution in [1.82, 2.24) is 9.97 Å². The minimum absolute atomic E-state index is 0.534. The minimum Gasteiger partial charge on any atom is -0.340 e. The smallest absolute Gasteiger partial charge is 0.142 e. The zero-order valence-corrected chi connectivity index (χ0v) is 11.4. The highest BCUT2D eigenvalue weighted by Gasteiger charge is 2.07. The first kappa shape index (κ1) is 12.1. The van der Waals surface area contributed by atoms with E-state index < -0.39 is 0 Å². The van der Waals surface area contributed by atoms with Crippen LogP contribution in [0.15, 0.2) is 36.7 Å². The summed E-state index contributed by atoms with van der Waals surface area (Å²) in [6.07, 6.45) is 1.59. The Kier molecular flexibility index (Phi) is 3.15. The fraction of sp³-hybridized carbons (Fsp3) is 0.143. The summed E-state index contributed by atoms with van der Waals surface area (Å²) in [5, 5.41) is 4.39. The zero-order valence-electron chi connectivity index (χ0n) is 10.6. The summed E-state index contributed by atoms with van der Waals surface area (Å²) < 4.78 is 0. The Hall–Kier alpha value is -1.98. The third-order valence-corrected chi connectivity index (χ3v) is 3.84. The van der Waals surface area contributed by atoms with Gasteiger partial charge < -0.3 is 11.1 Å². The van der Waals surface area contributed by atoms with Crippen LogP contribution in [0.25, 0.3) is 10.2 Å². The summed E-state index contributed by atoms with van der Waals surface area (Å²) in [7, 11) is 0. The molecule has 5 heteroatoms. The molecule has 19 heavy (non-hydrogen) atoms. The number of thiophene rings is 1. The van der Waals surface area contributed by atoms with Gasteiger partial charge in [-0.2, -0.15) is 0 Å². The number of fused-ring (bicyclic) bond motifs is 1. The van der Waals surface area contributed by atoms with E-state index >= 15 is 0 Å². The van der Waals surface area contributed by atoms with E-state index in [0.717, 1.165) is 27.3 Å². The van der Waals surface area contributed by atoms with E-state index in [1.165, 1.54) is 4.88 Å². The van der Waals surface area contributed by atoms with Crippen LogP contribution in [0.4, 0.5) is 11.5 Å². The topological polar surface area (TPSA) is 63.8 Å². The van der Waals surface area contributed by atoms with Crippen LogP contribution in [0.1, 0.15) is 10.4 Å². The van der Waals surface area contributed by atoms with Crippen LogP contribution in [-0.4, -0.2) is 9.97 Å². The van der Waals surface area contributed by atoms with Crippen LogP contribution in [0.2, 0.25) is 0 Å². The molecule has 0 aliphatic rings. The molecule has 1 aromatic carbocycles. The number of nitrogens with two attached hydrogens (primary N) is 1. The van der Waals surface area contributed by atoms with Gasteiger partial charge in [0.05, 0.1) is 5.39 Å². The van der Waals surface area contributed by atoms with Gasteiger partial charge >= 0.3 is 0 Å². The van der Waals surface area contributed by atoms with Crippen molar-refractivity contribution >= 4 is 33.1 Å². The zero-order chi connectivity index (χ0) is 13.2. The van der Waals surface area contributed by atoms with Crippen LogP contribution in [0.5, 0.6) is 0 Å². The number of hydrogen-bond donors (Lipinski definition) is 2. The first-order chi connectivity index (χ1) is 9.26. The molecule has 0 atom stereocenters. The molecular formula is C14H14N4S. The Morgan fingerprint density at radius 3 is 3.00 bits per heavy atom. The van der Waals surface area contributed by atoms with Crippen molar-refractivity contribution in [2.24, 2.45) is 5.73 Å². The fourth-order valence-corrected chi connectivity index (χ4v) is 2.84. The SMILES string of the molecule is Cc1cc2c(Nc3cccc(CN)c3)ncnc2s1. The molecule has 0 aliphatic carbocycles. The lowest BCUT2D eigenvalue weighted by atomic mass is 10.2. The molecule has 0 saturated heterocycles. The Balaban J connectivity index is 2.00. The molecule has 96 valence electrons. The van der Waals surface area contributed by atoms with Gasteiger partial charge in [0.15, 0.2) is 0 Å². The molecule has 3 aromatic rings. The second-order valence-electron chi connectivity index (χ2n) is 4.33. The monoisotopic (exact) mass is 270 g/mol. The number of aryl methyl sites for hydroxylation is 1. The molecule has 0 aliphatic heterocycles. The van der Waals surface area contributed by atoms with Crippen molar-refractivity contribution in [2.45, 2.75) is 13.5 Å². The first-order valence-corrected chi connectivity index (χ1v) is 6.85. The maximum absolute atomic E-state index is 5.65. The molecule has 0 radical (unpaired) electrons. The first-order valence-electron chi connectivity index (χ1n) is 6.03. The lowest BCUT2D eigenvalue weighted by Gasteiger charge is -2.07. The van der Waals surface area contributed by atoms with Gasteiger partial charge in [-0.3, -0.25) is 0 Å². The highest BCUT2D eigenvalue weighted by molar-refractivity contribution is 7.18. The van der Waals surface area contributed by atoms with Crippen LogP contribution in [0, 0.1) is 6.92 Å². The van der Waals surface area contributed by atoms with Gasteiger partial charge in [-0.1, -0.05) is 12.1 Å². The molecule has 0 bridgehead atoms. The highest BCUT2D eigenvalue weighted by Crippen LogP contribution is 2.29. The van der Waals surface area contributed by atoms with Crippen molar-refractivity contribution < 1.29 is 0 Å². The molecular weight excluding hydrogens is 256 g/mol. The number of hydrogen-bond acceptors (Lipinski definition) is 5. The van der Waals surface area contributed by atoms with E-state index in [1.807, 2.05) is 24.3 Å². The predicted octanol–water partition coefficient (Wildman–Crippen LogP) is 3.20. The fourth-order valence-electron chi connectivity index (χ4n) is 1.99. The lowest BCUT2D eigenvalue weighted by Crippen LogP contribution is -1.98. The van der Waals surface area contributed by atoms with Crippen molar-refractivity contribution in [3.05, 3.63) is 47.1 Å². The Labute approximate surface area is 115 Å². The normalized spacial score (nSPS) is 10.8. The quantitative estimate of drug-likeness (QED) is 0.767. The van der Waals surface area contributed by atoms with Gasteiger partial charge in [0.1, 0.15) is 17.0 Å². The van der Waals surface area contributed by atoms with Crippen LogP contribution in [0.3, 0.4) is 0 Å². The largest absolute Gasteiger partial charge is 0.340 e. The molecule has 2 heterocycles. The van der Waals surface area contributed by atoms with Crippen molar-refractivity contribution in [1.29, 1.82) is 0 Å². The van der Waals surface area contributed by atoms with Gasteiger partial charge in [-0.15, -0.1) is 11.3 Å². The van der Waals surface area contributed by atoms with Gasteiger partial charge in [0, 0.05) is 17.1 Å². The minimum atomic E-state index is 0.534. The summed E-state index contributed by atoms with van der Waals surface area (Å²) in [5.74, 6) is 0.837. The average Bonchev–Trinajstić information content (AvgIpc) is 2.80. The summed E-state index contributed by atoms with van der Waals surface area (Å²) in [4.78, 5) is 10.8. The van der Waals surface area contributed by atoms with E-state index in [1.54, 1.807) is 17.7 Å². The lowest BCUT2D eigenvalue weighted by molar-refractivity contribution is 1.07. The average molecular weight is 270 g/mol. The molecule has 0 saturated carbocycles. The van der Waals surface area contributed by atoms with Crippen molar-refractivity contribution in [3.8, 4) is 0 Å². The Bertz CT molecular complexity index is 720. The van der Waals surface area contributed by atoms with Gasteiger partial charge in [0.25, 0.3) is 0 Å². The molecule has 3 N–H and O–H groups in total. The molecule has 3 rings (SSSR count). The van der Waals surface area contributed by atoms with E-state index in [9.17, 15) is 0 Å². The van der Waals surface area contributed by atoms with Crippen LogP contribution in [-0.2, 0) is 6.54 Å². The maximum Gasteiger partial charge on any atom is 0.142 e. The molecule has 4 nitrogen and oxygen atoms in total. The van der Waals surface area contributed by atoms with Crippen molar-refractivity contribution in [2.75, 3.05) is 5.32 Å². The third-order valence-electron chi connectivity index (χ3n) is 2.88. The molecule has 0 fully saturated rings. The molecule has 0 unspecified atom stereocenters. The highest BCUT2D eigenvalue weighted by atomic mass is 32.1. The third kappa shape index (κ3) is 2.43. The number of anilines is 2. The Morgan fingerprint density at radius 2 is 2.16 bits per heavy atom. The number of nitrogens with one attached hydrogen (secondary N) is 1. The molecule has 0 spiro atoms. The number of benzene rings is 1. The maximum atomic E-state index is 5.65. The Morgan fingerprint density at radius 1 is 1.26 bits per heavy atom. The predicted molar refractivity (Wildman–Crippen MR) is 79.8 cm³/mol. The van der Waals surface area contributed by atoms with Crippen LogP contribution >= 0.6 is 11.3 Å². The van der Waals surface area contributed by atoms with Gasteiger partial charge in [0.2, 0.25) is 0 Å². The van der Waals surface area contributed by atoms with E-state index in [0.29, 0.717) is 6.54 Å². The standard InChI is InChI=1S/C14H14N4S/c1-9-5-12-13(16-8-17-14(12)19-9)18-11-4-2-3-10(6-11)7-15/h2-6,8H,7,15H2,1H3,(H,16,17,18). The van der Waals surface area contributed by atoms with Crippen molar-refractivity contribution in [3.63, 3.8) is 0 Å².